The second-order valence-corrected chi connectivity index (χ2v) is 6.23. The van der Waals surface area contributed by atoms with Gasteiger partial charge >= 0.3 is 5.97 Å². The lowest BCUT2D eigenvalue weighted by Crippen LogP contribution is -2.10. The molecular formula is C17H18ClNO2. The monoisotopic (exact) mass is 303 g/mol. The fourth-order valence-corrected chi connectivity index (χ4v) is 3.48. The highest BCUT2D eigenvalue weighted by atomic mass is 35.5. The molecule has 0 radical (unpaired) electrons. The molecule has 1 aliphatic carbocycles. The molecule has 21 heavy (non-hydrogen) atoms. The lowest BCUT2D eigenvalue weighted by Gasteiger charge is -2.22. The van der Waals surface area contributed by atoms with Gasteiger partial charge in [0.2, 0.25) is 0 Å². The zero-order valence-electron chi connectivity index (χ0n) is 12.0. The highest BCUT2D eigenvalue weighted by Crippen LogP contribution is 2.35. The predicted octanol–water partition coefficient (Wildman–Crippen LogP) is 4.94. The summed E-state index contributed by atoms with van der Waals surface area (Å²) in [6.45, 7) is 1.95. The fraction of sp³-hybridized carbons (Fsp3) is 0.412. The van der Waals surface area contributed by atoms with Gasteiger partial charge in [-0.05, 0) is 37.5 Å². The average Bonchev–Trinajstić information content (AvgIpc) is 2.51. The Labute approximate surface area is 129 Å². The third-order valence-corrected chi connectivity index (χ3v) is 4.70. The largest absolute Gasteiger partial charge is 0.478 e. The van der Waals surface area contributed by atoms with Gasteiger partial charge in [0, 0.05) is 17.0 Å². The standard InChI is InChI=1S/C17H18ClNO2/c1-10-7-8-13(18)15-12(17(20)21)9-14(19-16(10)15)11-5-3-2-4-6-11/h7-9,11H,2-6H2,1H3,(H,20,21). The Bertz CT molecular complexity index is 705. The molecule has 1 aromatic heterocycles. The van der Waals surface area contributed by atoms with Crippen molar-refractivity contribution in [3.63, 3.8) is 0 Å². The molecule has 2 aromatic rings. The van der Waals surface area contributed by atoms with Gasteiger partial charge in [0.15, 0.2) is 0 Å². The molecule has 1 saturated carbocycles. The fourth-order valence-electron chi connectivity index (χ4n) is 3.23. The van der Waals surface area contributed by atoms with E-state index in [1.165, 1.54) is 19.3 Å². The number of halogens is 1. The smallest absolute Gasteiger partial charge is 0.336 e. The number of aromatic carboxylic acids is 1. The first kappa shape index (κ1) is 14.3. The van der Waals surface area contributed by atoms with Crippen molar-refractivity contribution in [2.45, 2.75) is 44.9 Å². The van der Waals surface area contributed by atoms with Crippen LogP contribution in [0.1, 0.15) is 59.6 Å². The van der Waals surface area contributed by atoms with E-state index in [0.29, 0.717) is 16.3 Å². The van der Waals surface area contributed by atoms with Gasteiger partial charge in [0.25, 0.3) is 0 Å². The summed E-state index contributed by atoms with van der Waals surface area (Å²) in [6, 6.07) is 5.37. The van der Waals surface area contributed by atoms with Crippen LogP contribution in [0, 0.1) is 6.92 Å². The summed E-state index contributed by atoms with van der Waals surface area (Å²) >= 11 is 6.21. The third-order valence-electron chi connectivity index (χ3n) is 4.39. The number of carbonyl (C=O) groups is 1. The van der Waals surface area contributed by atoms with Crippen LogP contribution in [-0.2, 0) is 0 Å². The lowest BCUT2D eigenvalue weighted by atomic mass is 9.86. The Hall–Kier alpha value is -1.61. The Morgan fingerprint density at radius 1 is 1.29 bits per heavy atom. The quantitative estimate of drug-likeness (QED) is 0.854. The maximum atomic E-state index is 11.6. The molecule has 4 heteroatoms. The van der Waals surface area contributed by atoms with E-state index in [4.69, 9.17) is 16.6 Å². The zero-order valence-corrected chi connectivity index (χ0v) is 12.8. The maximum Gasteiger partial charge on any atom is 0.336 e. The van der Waals surface area contributed by atoms with Crippen LogP contribution in [0.4, 0.5) is 0 Å². The van der Waals surface area contributed by atoms with Crippen molar-refractivity contribution in [1.82, 2.24) is 4.98 Å². The van der Waals surface area contributed by atoms with Crippen LogP contribution in [0.5, 0.6) is 0 Å². The number of aryl methyl sites for hydroxylation is 1. The van der Waals surface area contributed by atoms with Gasteiger partial charge in [0.05, 0.1) is 16.1 Å². The van der Waals surface area contributed by atoms with E-state index in [1.807, 2.05) is 13.0 Å². The Kier molecular flexibility index (Phi) is 3.85. The number of aromatic nitrogens is 1. The summed E-state index contributed by atoms with van der Waals surface area (Å²) in [5.41, 5.74) is 2.87. The van der Waals surface area contributed by atoms with E-state index in [-0.39, 0.29) is 5.56 Å². The molecule has 1 fully saturated rings. The second kappa shape index (κ2) is 5.64. The first-order chi connectivity index (χ1) is 10.1. The minimum absolute atomic E-state index is 0.272. The van der Waals surface area contributed by atoms with Crippen LogP contribution in [0.3, 0.4) is 0 Å². The molecule has 0 bridgehead atoms. The van der Waals surface area contributed by atoms with Gasteiger partial charge < -0.3 is 5.11 Å². The molecule has 0 saturated heterocycles. The van der Waals surface area contributed by atoms with Gasteiger partial charge in [-0.3, -0.25) is 4.98 Å². The van der Waals surface area contributed by atoms with E-state index in [9.17, 15) is 9.90 Å². The molecule has 0 spiro atoms. The topological polar surface area (TPSA) is 50.2 Å². The number of hydrogen-bond acceptors (Lipinski definition) is 2. The molecule has 1 aromatic carbocycles. The summed E-state index contributed by atoms with van der Waals surface area (Å²) in [5.74, 6) is -0.563. The van der Waals surface area contributed by atoms with Gasteiger partial charge in [-0.2, -0.15) is 0 Å². The first-order valence-electron chi connectivity index (χ1n) is 7.41. The van der Waals surface area contributed by atoms with E-state index in [1.54, 1.807) is 12.1 Å². The van der Waals surface area contributed by atoms with E-state index < -0.39 is 5.97 Å². The second-order valence-electron chi connectivity index (χ2n) is 5.82. The molecular weight excluding hydrogens is 286 g/mol. The van der Waals surface area contributed by atoms with Crippen molar-refractivity contribution >= 4 is 28.5 Å². The average molecular weight is 304 g/mol. The third kappa shape index (κ3) is 2.62. The van der Waals surface area contributed by atoms with Crippen LogP contribution in [0.25, 0.3) is 10.9 Å². The number of fused-ring (bicyclic) bond motifs is 1. The molecule has 110 valence electrons. The number of nitrogens with zero attached hydrogens (tertiary/aromatic N) is 1. The minimum atomic E-state index is -0.938. The SMILES string of the molecule is Cc1ccc(Cl)c2c(C(=O)O)cc(C3CCCCC3)nc12. The molecule has 0 unspecified atom stereocenters. The molecule has 1 heterocycles. The van der Waals surface area contributed by atoms with Gasteiger partial charge in [-0.15, -0.1) is 0 Å². The number of benzene rings is 1. The summed E-state index contributed by atoms with van der Waals surface area (Å²) in [6.07, 6.45) is 5.84. The molecule has 3 rings (SSSR count). The van der Waals surface area contributed by atoms with Crippen LogP contribution >= 0.6 is 11.6 Å². The van der Waals surface area contributed by atoms with Gasteiger partial charge in [0.1, 0.15) is 0 Å². The molecule has 1 aliphatic rings. The number of carboxylic acid groups (broad SMARTS) is 1. The molecule has 0 amide bonds. The highest BCUT2D eigenvalue weighted by Gasteiger charge is 2.22. The Morgan fingerprint density at radius 2 is 2.00 bits per heavy atom. The minimum Gasteiger partial charge on any atom is -0.478 e. The van der Waals surface area contributed by atoms with Crippen LogP contribution < -0.4 is 0 Å². The first-order valence-corrected chi connectivity index (χ1v) is 7.79. The van der Waals surface area contributed by atoms with Crippen molar-refractivity contribution in [3.05, 3.63) is 40.0 Å². The van der Waals surface area contributed by atoms with Crippen molar-refractivity contribution in [2.75, 3.05) is 0 Å². The number of carboxylic acids is 1. The lowest BCUT2D eigenvalue weighted by molar-refractivity contribution is 0.0698. The highest BCUT2D eigenvalue weighted by molar-refractivity contribution is 6.36. The van der Waals surface area contributed by atoms with Crippen LogP contribution in [-0.4, -0.2) is 16.1 Å². The summed E-state index contributed by atoms with van der Waals surface area (Å²) in [4.78, 5) is 16.4. The number of hydrogen-bond donors (Lipinski definition) is 1. The van der Waals surface area contributed by atoms with E-state index in [2.05, 4.69) is 0 Å². The van der Waals surface area contributed by atoms with Crippen LogP contribution in [0.2, 0.25) is 5.02 Å². The van der Waals surface area contributed by atoms with Crippen molar-refractivity contribution in [1.29, 1.82) is 0 Å². The maximum absolute atomic E-state index is 11.6. The van der Waals surface area contributed by atoms with Crippen molar-refractivity contribution in [2.24, 2.45) is 0 Å². The Morgan fingerprint density at radius 3 is 2.67 bits per heavy atom. The predicted molar refractivity (Wildman–Crippen MR) is 84.3 cm³/mol. The van der Waals surface area contributed by atoms with Gasteiger partial charge in [-0.1, -0.05) is 36.9 Å². The van der Waals surface area contributed by atoms with E-state index in [0.717, 1.165) is 29.6 Å². The van der Waals surface area contributed by atoms with Crippen molar-refractivity contribution in [3.8, 4) is 0 Å². The van der Waals surface area contributed by atoms with E-state index >= 15 is 0 Å². The summed E-state index contributed by atoms with van der Waals surface area (Å²) in [7, 11) is 0. The Balaban J connectivity index is 2.24. The normalized spacial score (nSPS) is 16.3. The van der Waals surface area contributed by atoms with Crippen molar-refractivity contribution < 1.29 is 9.90 Å². The number of rotatable bonds is 2. The molecule has 0 aliphatic heterocycles. The van der Waals surface area contributed by atoms with Gasteiger partial charge in [-0.25, -0.2) is 4.79 Å². The van der Waals surface area contributed by atoms with Crippen LogP contribution in [0.15, 0.2) is 18.2 Å². The zero-order chi connectivity index (χ0) is 15.0. The molecule has 1 N–H and O–H groups in total. The molecule has 0 atom stereocenters. The summed E-state index contributed by atoms with van der Waals surface area (Å²) in [5, 5.41) is 10.5. The summed E-state index contributed by atoms with van der Waals surface area (Å²) < 4.78 is 0. The molecule has 3 nitrogen and oxygen atoms in total. The number of pyridine rings is 1.